The molecule has 172 valence electrons. The van der Waals surface area contributed by atoms with Crippen LogP contribution in [0.1, 0.15) is 30.0 Å². The van der Waals surface area contributed by atoms with Gasteiger partial charge in [0.2, 0.25) is 5.91 Å². The standard InChI is InChI=1S/C28H23N5OS/c1-2-18-10-12-20(13-11-18)26-22(16-29)27(31)33-28(23(26)17-30)35-15-14-25(34)32-24-9-5-7-19-6-3-4-8-21(19)24/h3-13H,2,14-15H2,1H3,(H2,31,33)(H,32,34). The molecule has 4 rings (SSSR count). The summed E-state index contributed by atoms with van der Waals surface area (Å²) in [7, 11) is 0. The number of thioether (sulfide) groups is 1. The molecule has 7 heteroatoms. The maximum atomic E-state index is 12.6. The van der Waals surface area contributed by atoms with Gasteiger partial charge in [0, 0.05) is 28.8 Å². The lowest BCUT2D eigenvalue weighted by molar-refractivity contribution is -0.115. The monoisotopic (exact) mass is 477 g/mol. The molecule has 0 fully saturated rings. The molecule has 0 aliphatic rings. The summed E-state index contributed by atoms with van der Waals surface area (Å²) in [6.45, 7) is 2.06. The van der Waals surface area contributed by atoms with Gasteiger partial charge in [-0.15, -0.1) is 11.8 Å². The third-order valence-corrected chi connectivity index (χ3v) is 6.68. The number of nitrogens with zero attached hydrogens (tertiary/aromatic N) is 3. The molecular weight excluding hydrogens is 454 g/mol. The summed E-state index contributed by atoms with van der Waals surface area (Å²) in [5, 5.41) is 25.1. The summed E-state index contributed by atoms with van der Waals surface area (Å²) in [4.78, 5) is 17.0. The third kappa shape index (κ3) is 5.11. The Labute approximate surface area is 208 Å². The van der Waals surface area contributed by atoms with Crippen LogP contribution in [0.2, 0.25) is 0 Å². The number of fused-ring (bicyclic) bond motifs is 1. The minimum atomic E-state index is -0.135. The quantitative estimate of drug-likeness (QED) is 0.320. The Morgan fingerprint density at radius 2 is 1.71 bits per heavy atom. The van der Waals surface area contributed by atoms with Crippen LogP contribution in [0.4, 0.5) is 11.5 Å². The number of nitrogens with one attached hydrogen (secondary N) is 1. The van der Waals surface area contributed by atoms with E-state index in [1.807, 2.05) is 66.7 Å². The van der Waals surface area contributed by atoms with Gasteiger partial charge in [0.25, 0.3) is 0 Å². The molecule has 0 saturated heterocycles. The van der Waals surface area contributed by atoms with Gasteiger partial charge in [-0.2, -0.15) is 10.5 Å². The molecule has 35 heavy (non-hydrogen) atoms. The van der Waals surface area contributed by atoms with Crippen molar-refractivity contribution in [3.05, 3.63) is 83.4 Å². The van der Waals surface area contributed by atoms with E-state index in [9.17, 15) is 15.3 Å². The first-order chi connectivity index (χ1) is 17.0. The molecule has 1 amide bonds. The number of nitrogen functional groups attached to an aromatic ring is 1. The van der Waals surface area contributed by atoms with Crippen molar-refractivity contribution < 1.29 is 4.79 Å². The van der Waals surface area contributed by atoms with Crippen LogP contribution in [0.5, 0.6) is 0 Å². The summed E-state index contributed by atoms with van der Waals surface area (Å²) in [5.74, 6) is 0.339. The molecule has 1 heterocycles. The van der Waals surface area contributed by atoms with Gasteiger partial charge < -0.3 is 11.1 Å². The highest BCUT2D eigenvalue weighted by Gasteiger charge is 2.20. The highest BCUT2D eigenvalue weighted by molar-refractivity contribution is 7.99. The second-order valence-corrected chi connectivity index (χ2v) is 8.96. The zero-order chi connectivity index (χ0) is 24.8. The van der Waals surface area contributed by atoms with E-state index in [1.165, 1.54) is 11.8 Å². The smallest absolute Gasteiger partial charge is 0.225 e. The minimum Gasteiger partial charge on any atom is -0.383 e. The van der Waals surface area contributed by atoms with Crippen LogP contribution < -0.4 is 11.1 Å². The first-order valence-corrected chi connectivity index (χ1v) is 12.2. The lowest BCUT2D eigenvalue weighted by Crippen LogP contribution is -2.12. The summed E-state index contributed by atoms with van der Waals surface area (Å²) < 4.78 is 0. The van der Waals surface area contributed by atoms with Gasteiger partial charge in [-0.05, 0) is 29.0 Å². The van der Waals surface area contributed by atoms with Crippen molar-refractivity contribution in [1.29, 1.82) is 10.5 Å². The third-order valence-electron chi connectivity index (χ3n) is 5.70. The van der Waals surface area contributed by atoms with Gasteiger partial charge in [-0.25, -0.2) is 4.98 Å². The number of aromatic nitrogens is 1. The number of hydrogen-bond donors (Lipinski definition) is 2. The van der Waals surface area contributed by atoms with E-state index < -0.39 is 0 Å². The number of aryl methyl sites for hydroxylation is 1. The fraction of sp³-hybridized carbons (Fsp3) is 0.143. The number of nitriles is 2. The van der Waals surface area contributed by atoms with Crippen molar-refractivity contribution in [2.45, 2.75) is 24.8 Å². The number of pyridine rings is 1. The van der Waals surface area contributed by atoms with Crippen LogP contribution in [0.25, 0.3) is 21.9 Å². The van der Waals surface area contributed by atoms with E-state index in [1.54, 1.807) is 0 Å². The highest BCUT2D eigenvalue weighted by Crippen LogP contribution is 2.36. The molecule has 1 aromatic heterocycles. The zero-order valence-corrected chi connectivity index (χ0v) is 20.0. The lowest BCUT2D eigenvalue weighted by atomic mass is 9.96. The van der Waals surface area contributed by atoms with Crippen LogP contribution in [0.15, 0.2) is 71.8 Å². The maximum Gasteiger partial charge on any atom is 0.225 e. The van der Waals surface area contributed by atoms with E-state index in [0.717, 1.165) is 34.0 Å². The van der Waals surface area contributed by atoms with Gasteiger partial charge in [0.15, 0.2) is 0 Å². The van der Waals surface area contributed by atoms with E-state index >= 15 is 0 Å². The minimum absolute atomic E-state index is 0.0729. The van der Waals surface area contributed by atoms with Crippen LogP contribution in [-0.2, 0) is 11.2 Å². The number of benzene rings is 3. The predicted octanol–water partition coefficient (Wildman–Crippen LogP) is 5.91. The van der Waals surface area contributed by atoms with Crippen LogP contribution >= 0.6 is 11.8 Å². The van der Waals surface area contributed by atoms with Crippen molar-refractivity contribution in [3.63, 3.8) is 0 Å². The number of carbonyl (C=O) groups excluding carboxylic acids is 1. The topological polar surface area (TPSA) is 116 Å². The number of carbonyl (C=O) groups is 1. The Morgan fingerprint density at radius 1 is 1.00 bits per heavy atom. The van der Waals surface area contributed by atoms with E-state index in [-0.39, 0.29) is 23.7 Å². The fourth-order valence-corrected chi connectivity index (χ4v) is 4.82. The highest BCUT2D eigenvalue weighted by atomic mass is 32.2. The molecule has 0 unspecified atom stereocenters. The largest absolute Gasteiger partial charge is 0.383 e. The first-order valence-electron chi connectivity index (χ1n) is 11.2. The molecule has 3 aromatic carbocycles. The number of amides is 1. The summed E-state index contributed by atoms with van der Waals surface area (Å²) in [6.07, 6.45) is 1.11. The van der Waals surface area contributed by atoms with Gasteiger partial charge in [0.05, 0.1) is 5.56 Å². The summed E-state index contributed by atoms with van der Waals surface area (Å²) in [5.41, 5.74) is 9.70. The van der Waals surface area contributed by atoms with Crippen molar-refractivity contribution in [1.82, 2.24) is 4.98 Å². The molecule has 3 N–H and O–H groups in total. The van der Waals surface area contributed by atoms with Gasteiger partial charge in [-0.3, -0.25) is 4.79 Å². The molecule has 4 aromatic rings. The Kier molecular flexibility index (Phi) is 7.30. The molecule has 0 spiro atoms. The Balaban J connectivity index is 1.54. The zero-order valence-electron chi connectivity index (χ0n) is 19.2. The predicted molar refractivity (Wildman–Crippen MR) is 141 cm³/mol. The molecule has 0 atom stereocenters. The second-order valence-electron chi connectivity index (χ2n) is 7.87. The maximum absolute atomic E-state index is 12.6. The van der Waals surface area contributed by atoms with Crippen molar-refractivity contribution in [2.24, 2.45) is 0 Å². The molecule has 0 radical (unpaired) electrons. The first kappa shape index (κ1) is 23.8. The lowest BCUT2D eigenvalue weighted by Gasteiger charge is -2.13. The van der Waals surface area contributed by atoms with E-state index in [0.29, 0.717) is 21.9 Å². The molecular formula is C28H23N5OS. The van der Waals surface area contributed by atoms with Gasteiger partial charge in [0.1, 0.15) is 28.5 Å². The molecule has 6 nitrogen and oxygen atoms in total. The van der Waals surface area contributed by atoms with Crippen LogP contribution in [0, 0.1) is 22.7 Å². The second kappa shape index (κ2) is 10.7. The van der Waals surface area contributed by atoms with Gasteiger partial charge >= 0.3 is 0 Å². The summed E-state index contributed by atoms with van der Waals surface area (Å²) in [6, 6.07) is 25.7. The Hall–Kier alpha value is -4.33. The average molecular weight is 478 g/mol. The van der Waals surface area contributed by atoms with Crippen molar-refractivity contribution >= 4 is 39.9 Å². The number of rotatable bonds is 7. The molecule has 0 aliphatic carbocycles. The van der Waals surface area contributed by atoms with E-state index in [2.05, 4.69) is 29.4 Å². The molecule has 0 aliphatic heterocycles. The number of anilines is 2. The molecule has 0 bridgehead atoms. The van der Waals surface area contributed by atoms with Crippen LogP contribution in [-0.4, -0.2) is 16.6 Å². The van der Waals surface area contributed by atoms with E-state index in [4.69, 9.17) is 5.73 Å². The fourth-order valence-electron chi connectivity index (χ4n) is 3.89. The number of nitrogens with two attached hydrogens (primary N) is 1. The van der Waals surface area contributed by atoms with Gasteiger partial charge in [-0.1, -0.05) is 67.6 Å². The average Bonchev–Trinajstić information content (AvgIpc) is 2.88. The Bertz CT molecular complexity index is 1480. The molecule has 0 saturated carbocycles. The van der Waals surface area contributed by atoms with Crippen molar-refractivity contribution in [3.8, 4) is 23.3 Å². The normalized spacial score (nSPS) is 10.5. The van der Waals surface area contributed by atoms with Crippen molar-refractivity contribution in [2.75, 3.05) is 16.8 Å². The Morgan fingerprint density at radius 3 is 2.43 bits per heavy atom. The summed E-state index contributed by atoms with van der Waals surface area (Å²) >= 11 is 1.28. The SMILES string of the molecule is CCc1ccc(-c2c(C#N)c(N)nc(SCCC(=O)Nc3cccc4ccccc34)c2C#N)cc1. The number of hydrogen-bond acceptors (Lipinski definition) is 6. The van der Waals surface area contributed by atoms with Crippen LogP contribution in [0.3, 0.4) is 0 Å².